The van der Waals surface area contributed by atoms with Gasteiger partial charge in [0, 0.05) is 23.4 Å². The summed E-state index contributed by atoms with van der Waals surface area (Å²) in [6, 6.07) is 9.05. The Morgan fingerprint density at radius 2 is 1.65 bits per heavy atom. The van der Waals surface area contributed by atoms with Gasteiger partial charge in [0.05, 0.1) is 7.11 Å². The van der Waals surface area contributed by atoms with E-state index >= 15 is 0 Å². The molecule has 0 spiro atoms. The summed E-state index contributed by atoms with van der Waals surface area (Å²) in [6.07, 6.45) is 1.63. The monoisotopic (exact) mass is 311 g/mol. The van der Waals surface area contributed by atoms with Gasteiger partial charge in [0.25, 0.3) is 0 Å². The molecule has 0 saturated carbocycles. The van der Waals surface area contributed by atoms with Crippen LogP contribution in [0.15, 0.2) is 40.9 Å². The third kappa shape index (κ3) is 2.57. The second-order valence-corrected chi connectivity index (χ2v) is 4.86. The highest BCUT2D eigenvalue weighted by Crippen LogP contribution is 2.34. The summed E-state index contributed by atoms with van der Waals surface area (Å²) in [5, 5.41) is 8.17. The van der Waals surface area contributed by atoms with Crippen molar-refractivity contribution >= 4 is 0 Å². The molecule has 4 rings (SSSR count). The molecule has 0 radical (unpaired) electrons. The summed E-state index contributed by atoms with van der Waals surface area (Å²) < 4.78 is 21.9. The molecule has 0 amide bonds. The van der Waals surface area contributed by atoms with Crippen LogP contribution < -0.4 is 14.2 Å². The Morgan fingerprint density at radius 3 is 2.43 bits per heavy atom. The standard InChI is InChI=1S/C16H13N3O4/c1-20-14-9-11(4-5-17-14)16-19-18-15(23-16)10-2-3-12-13(8-10)22-7-6-21-12/h2-5,8-9H,6-7H2,1H3. The molecule has 0 atom stereocenters. The lowest BCUT2D eigenvalue weighted by Gasteiger charge is -2.18. The quantitative estimate of drug-likeness (QED) is 0.735. The van der Waals surface area contributed by atoms with Crippen LogP contribution in [-0.2, 0) is 0 Å². The van der Waals surface area contributed by atoms with Gasteiger partial charge in [0.15, 0.2) is 11.5 Å². The van der Waals surface area contributed by atoms with Gasteiger partial charge in [-0.05, 0) is 24.3 Å². The molecule has 0 N–H and O–H groups in total. The van der Waals surface area contributed by atoms with Gasteiger partial charge in [0.2, 0.25) is 17.7 Å². The number of benzene rings is 1. The zero-order valence-corrected chi connectivity index (χ0v) is 12.4. The maximum absolute atomic E-state index is 5.74. The molecule has 7 nitrogen and oxygen atoms in total. The minimum absolute atomic E-state index is 0.399. The molecule has 7 heteroatoms. The number of fused-ring (bicyclic) bond motifs is 1. The van der Waals surface area contributed by atoms with Crippen LogP contribution in [0, 0.1) is 0 Å². The summed E-state index contributed by atoms with van der Waals surface area (Å²) >= 11 is 0. The van der Waals surface area contributed by atoms with E-state index in [1.54, 1.807) is 25.4 Å². The highest BCUT2D eigenvalue weighted by molar-refractivity contribution is 5.62. The van der Waals surface area contributed by atoms with Gasteiger partial charge in [0.1, 0.15) is 13.2 Å². The van der Waals surface area contributed by atoms with E-state index in [1.807, 2.05) is 18.2 Å². The first-order chi connectivity index (χ1) is 11.3. The zero-order valence-electron chi connectivity index (χ0n) is 12.4. The van der Waals surface area contributed by atoms with Crippen molar-refractivity contribution in [2.24, 2.45) is 0 Å². The van der Waals surface area contributed by atoms with Gasteiger partial charge >= 0.3 is 0 Å². The van der Waals surface area contributed by atoms with E-state index in [0.717, 1.165) is 16.9 Å². The Hall–Kier alpha value is -3.09. The lowest BCUT2D eigenvalue weighted by atomic mass is 10.2. The second-order valence-electron chi connectivity index (χ2n) is 4.86. The van der Waals surface area contributed by atoms with Gasteiger partial charge in [-0.25, -0.2) is 4.98 Å². The van der Waals surface area contributed by atoms with Gasteiger partial charge in [-0.2, -0.15) is 0 Å². The lowest BCUT2D eigenvalue weighted by molar-refractivity contribution is 0.171. The minimum Gasteiger partial charge on any atom is -0.486 e. The molecule has 23 heavy (non-hydrogen) atoms. The molecule has 3 heterocycles. The van der Waals surface area contributed by atoms with Crippen LogP contribution >= 0.6 is 0 Å². The second kappa shape index (κ2) is 5.60. The molecule has 3 aromatic rings. The van der Waals surface area contributed by atoms with Crippen molar-refractivity contribution < 1.29 is 18.6 Å². The fourth-order valence-electron chi connectivity index (χ4n) is 2.29. The molecule has 0 fully saturated rings. The number of nitrogens with zero attached hydrogens (tertiary/aromatic N) is 3. The number of rotatable bonds is 3. The van der Waals surface area contributed by atoms with Gasteiger partial charge in [-0.1, -0.05) is 0 Å². The van der Waals surface area contributed by atoms with Crippen molar-refractivity contribution in [2.75, 3.05) is 20.3 Å². The third-order valence-electron chi connectivity index (χ3n) is 3.41. The molecule has 1 aromatic carbocycles. The van der Waals surface area contributed by atoms with Crippen molar-refractivity contribution in [1.82, 2.24) is 15.2 Å². The SMILES string of the molecule is COc1cc(-c2nnc(-c3ccc4c(c3)OCCO4)o2)ccn1. The normalized spacial score (nSPS) is 12.9. The van der Waals surface area contributed by atoms with Crippen LogP contribution in [0.4, 0.5) is 0 Å². The van der Waals surface area contributed by atoms with Crippen LogP contribution in [-0.4, -0.2) is 35.5 Å². The number of aromatic nitrogens is 3. The van der Waals surface area contributed by atoms with Crippen LogP contribution in [0.1, 0.15) is 0 Å². The Labute approximate surface area is 131 Å². The maximum atomic E-state index is 5.74. The average Bonchev–Trinajstić information content (AvgIpc) is 3.11. The highest BCUT2D eigenvalue weighted by Gasteiger charge is 2.16. The Kier molecular flexibility index (Phi) is 3.30. The predicted molar refractivity (Wildman–Crippen MR) is 80.5 cm³/mol. The smallest absolute Gasteiger partial charge is 0.248 e. The topological polar surface area (TPSA) is 79.5 Å². The maximum Gasteiger partial charge on any atom is 0.248 e. The van der Waals surface area contributed by atoms with Crippen molar-refractivity contribution in [3.63, 3.8) is 0 Å². The van der Waals surface area contributed by atoms with Crippen molar-refractivity contribution in [2.45, 2.75) is 0 Å². The minimum atomic E-state index is 0.399. The molecular weight excluding hydrogens is 298 g/mol. The predicted octanol–water partition coefficient (Wildman–Crippen LogP) is 2.58. The summed E-state index contributed by atoms with van der Waals surface area (Å²) in [5.41, 5.74) is 1.52. The third-order valence-corrected chi connectivity index (χ3v) is 3.41. The molecule has 2 aromatic heterocycles. The Balaban J connectivity index is 1.67. The number of methoxy groups -OCH3 is 1. The summed E-state index contributed by atoms with van der Waals surface area (Å²) in [7, 11) is 1.56. The zero-order chi connectivity index (χ0) is 15.6. The summed E-state index contributed by atoms with van der Waals surface area (Å²) in [4.78, 5) is 4.05. The number of ether oxygens (including phenoxy) is 3. The van der Waals surface area contributed by atoms with Crippen LogP contribution in [0.25, 0.3) is 22.9 Å². The summed E-state index contributed by atoms with van der Waals surface area (Å²) in [6.45, 7) is 1.09. The van der Waals surface area contributed by atoms with E-state index < -0.39 is 0 Å². The Bertz CT molecular complexity index is 847. The first-order valence-electron chi connectivity index (χ1n) is 7.07. The van der Waals surface area contributed by atoms with E-state index in [9.17, 15) is 0 Å². The van der Waals surface area contributed by atoms with E-state index in [-0.39, 0.29) is 0 Å². The molecule has 0 saturated heterocycles. The fraction of sp³-hybridized carbons (Fsp3) is 0.188. The van der Waals surface area contributed by atoms with E-state index in [2.05, 4.69) is 15.2 Å². The largest absolute Gasteiger partial charge is 0.486 e. The van der Waals surface area contributed by atoms with Gasteiger partial charge in [-0.3, -0.25) is 0 Å². The van der Waals surface area contributed by atoms with E-state index in [1.165, 1.54) is 0 Å². The molecule has 0 bridgehead atoms. The average molecular weight is 311 g/mol. The van der Waals surface area contributed by atoms with Crippen molar-refractivity contribution in [1.29, 1.82) is 0 Å². The van der Waals surface area contributed by atoms with Gasteiger partial charge < -0.3 is 18.6 Å². The first-order valence-corrected chi connectivity index (χ1v) is 7.07. The number of hydrogen-bond donors (Lipinski definition) is 0. The van der Waals surface area contributed by atoms with Gasteiger partial charge in [-0.15, -0.1) is 10.2 Å². The van der Waals surface area contributed by atoms with Crippen LogP contribution in [0.3, 0.4) is 0 Å². The molecule has 0 aliphatic carbocycles. The highest BCUT2D eigenvalue weighted by atomic mass is 16.6. The fourth-order valence-corrected chi connectivity index (χ4v) is 2.29. The molecule has 1 aliphatic rings. The summed E-state index contributed by atoms with van der Waals surface area (Å²) in [5.74, 6) is 2.70. The Morgan fingerprint density at radius 1 is 0.913 bits per heavy atom. The van der Waals surface area contributed by atoms with E-state index in [0.29, 0.717) is 36.6 Å². The van der Waals surface area contributed by atoms with Crippen molar-refractivity contribution in [3.8, 4) is 40.3 Å². The first kappa shape index (κ1) is 13.6. The number of hydrogen-bond acceptors (Lipinski definition) is 7. The molecule has 116 valence electrons. The lowest BCUT2D eigenvalue weighted by Crippen LogP contribution is -2.15. The van der Waals surface area contributed by atoms with Crippen molar-refractivity contribution in [3.05, 3.63) is 36.5 Å². The van der Waals surface area contributed by atoms with Crippen LogP contribution in [0.5, 0.6) is 17.4 Å². The van der Waals surface area contributed by atoms with Crippen LogP contribution in [0.2, 0.25) is 0 Å². The molecule has 1 aliphatic heterocycles. The van der Waals surface area contributed by atoms with E-state index in [4.69, 9.17) is 18.6 Å². The molecule has 0 unspecified atom stereocenters. The number of pyridine rings is 1. The molecular formula is C16H13N3O4.